The Morgan fingerprint density at radius 2 is 1.26 bits per heavy atom. The molecule has 0 saturated heterocycles. The first-order valence-electron chi connectivity index (χ1n) is 8.31. The molecule has 0 amide bonds. The number of methoxy groups -OCH3 is 2. The number of Topliss-reactive ketones (excluding diaryl/α,β-unsaturated/α-hetero) is 1. The zero-order chi connectivity index (χ0) is 19.4. The summed E-state index contributed by atoms with van der Waals surface area (Å²) in [4.78, 5) is 13.4. The number of halogens is 2. The minimum atomic E-state index is -0.397. The first-order chi connectivity index (χ1) is 13.0. The highest BCUT2D eigenvalue weighted by Crippen LogP contribution is 2.34. The van der Waals surface area contributed by atoms with E-state index in [2.05, 4.69) is 45.2 Å². The summed E-state index contributed by atoms with van der Waals surface area (Å²) in [5.74, 6) is 1.27. The Labute approximate surface area is 186 Å². The lowest BCUT2D eigenvalue weighted by Crippen LogP contribution is -2.15. The van der Waals surface area contributed by atoms with Crippen LogP contribution in [-0.4, -0.2) is 20.0 Å². The Morgan fingerprint density at radius 3 is 1.67 bits per heavy atom. The number of carbonyl (C=O) groups excluding carboxylic acids is 1. The van der Waals surface area contributed by atoms with Crippen LogP contribution >= 0.6 is 45.2 Å². The van der Waals surface area contributed by atoms with Gasteiger partial charge in [-0.05, 0) is 80.6 Å². The van der Waals surface area contributed by atoms with Gasteiger partial charge in [0.05, 0.1) is 27.3 Å². The molecule has 0 radical (unpaired) electrons. The van der Waals surface area contributed by atoms with Crippen LogP contribution in [0.25, 0.3) is 0 Å². The molecule has 3 aromatic carbocycles. The molecule has 0 unspecified atom stereocenters. The molecule has 0 spiro atoms. The van der Waals surface area contributed by atoms with Crippen molar-refractivity contribution in [2.24, 2.45) is 0 Å². The molecule has 0 aliphatic carbocycles. The molecule has 0 aromatic heterocycles. The first-order valence-corrected chi connectivity index (χ1v) is 10.5. The third-order valence-electron chi connectivity index (χ3n) is 4.34. The van der Waals surface area contributed by atoms with Crippen molar-refractivity contribution in [2.75, 3.05) is 14.2 Å². The zero-order valence-electron chi connectivity index (χ0n) is 14.9. The highest BCUT2D eigenvalue weighted by atomic mass is 127. The van der Waals surface area contributed by atoms with Crippen LogP contribution in [0.2, 0.25) is 0 Å². The standard InChI is InChI=1S/C22H18I2O3/c1-26-19-10-8-15(12-17(19)23)21(22(25)14-6-4-3-5-7-14)16-9-11-20(27-2)18(24)13-16/h3-13,21H,1-2H3. The Hall–Kier alpha value is -1.61. The van der Waals surface area contributed by atoms with Gasteiger partial charge in [-0.15, -0.1) is 0 Å². The van der Waals surface area contributed by atoms with Crippen LogP contribution in [-0.2, 0) is 0 Å². The normalized spacial score (nSPS) is 10.7. The van der Waals surface area contributed by atoms with Crippen molar-refractivity contribution >= 4 is 51.0 Å². The highest BCUT2D eigenvalue weighted by Gasteiger charge is 2.25. The fourth-order valence-corrected chi connectivity index (χ4v) is 4.51. The molecule has 3 rings (SSSR count). The summed E-state index contributed by atoms with van der Waals surface area (Å²) in [5.41, 5.74) is 2.57. The van der Waals surface area contributed by atoms with Gasteiger partial charge >= 0.3 is 0 Å². The van der Waals surface area contributed by atoms with Gasteiger partial charge in [0.25, 0.3) is 0 Å². The van der Waals surface area contributed by atoms with E-state index < -0.39 is 5.92 Å². The molecule has 3 aromatic rings. The van der Waals surface area contributed by atoms with Crippen molar-refractivity contribution in [1.82, 2.24) is 0 Å². The number of benzene rings is 3. The lowest BCUT2D eigenvalue weighted by Gasteiger charge is -2.19. The fourth-order valence-electron chi connectivity index (χ4n) is 2.99. The molecular weight excluding hydrogens is 566 g/mol. The van der Waals surface area contributed by atoms with Crippen molar-refractivity contribution in [2.45, 2.75) is 5.92 Å². The van der Waals surface area contributed by atoms with E-state index in [9.17, 15) is 4.79 Å². The third kappa shape index (κ3) is 4.45. The Morgan fingerprint density at radius 1 is 0.778 bits per heavy atom. The number of rotatable bonds is 6. The molecule has 0 saturated carbocycles. The van der Waals surface area contributed by atoms with Crippen molar-refractivity contribution in [3.05, 3.63) is 90.6 Å². The molecule has 0 atom stereocenters. The summed E-state index contributed by atoms with van der Waals surface area (Å²) in [6.07, 6.45) is 0. The topological polar surface area (TPSA) is 35.5 Å². The Balaban J connectivity index is 2.13. The van der Waals surface area contributed by atoms with Gasteiger partial charge in [0, 0.05) is 5.56 Å². The SMILES string of the molecule is COc1ccc(C(C(=O)c2ccccc2)c2ccc(OC)c(I)c2)cc1I. The number of hydrogen-bond donors (Lipinski definition) is 0. The zero-order valence-corrected chi connectivity index (χ0v) is 19.2. The van der Waals surface area contributed by atoms with Crippen LogP contribution in [0.4, 0.5) is 0 Å². The second-order valence-electron chi connectivity index (χ2n) is 5.95. The molecule has 27 heavy (non-hydrogen) atoms. The van der Waals surface area contributed by atoms with E-state index in [4.69, 9.17) is 9.47 Å². The van der Waals surface area contributed by atoms with Crippen LogP contribution < -0.4 is 9.47 Å². The maximum Gasteiger partial charge on any atom is 0.174 e. The minimum absolute atomic E-state index is 0.0672. The lowest BCUT2D eigenvalue weighted by atomic mass is 9.85. The van der Waals surface area contributed by atoms with Gasteiger partial charge in [0.15, 0.2) is 5.78 Å². The molecule has 0 bridgehead atoms. The molecule has 138 valence electrons. The second-order valence-corrected chi connectivity index (χ2v) is 8.28. The summed E-state index contributed by atoms with van der Waals surface area (Å²) < 4.78 is 12.7. The van der Waals surface area contributed by atoms with E-state index in [0.29, 0.717) is 5.56 Å². The van der Waals surface area contributed by atoms with Crippen LogP contribution in [0.5, 0.6) is 11.5 Å². The van der Waals surface area contributed by atoms with Gasteiger partial charge in [0.1, 0.15) is 11.5 Å². The predicted molar refractivity (Wildman–Crippen MR) is 124 cm³/mol. The molecule has 0 N–H and O–H groups in total. The molecule has 3 nitrogen and oxygen atoms in total. The van der Waals surface area contributed by atoms with Crippen molar-refractivity contribution in [3.8, 4) is 11.5 Å². The third-order valence-corrected chi connectivity index (χ3v) is 6.02. The van der Waals surface area contributed by atoms with Crippen LogP contribution in [0, 0.1) is 7.14 Å². The van der Waals surface area contributed by atoms with E-state index in [1.807, 2.05) is 66.7 Å². The maximum absolute atomic E-state index is 13.4. The summed E-state index contributed by atoms with van der Waals surface area (Å²) >= 11 is 4.47. The summed E-state index contributed by atoms with van der Waals surface area (Å²) in [6, 6.07) is 21.2. The molecular formula is C22H18I2O3. The smallest absolute Gasteiger partial charge is 0.174 e. The number of carbonyl (C=O) groups is 1. The average Bonchev–Trinajstić information content (AvgIpc) is 2.69. The van der Waals surface area contributed by atoms with E-state index >= 15 is 0 Å². The van der Waals surface area contributed by atoms with Crippen LogP contribution in [0.15, 0.2) is 66.7 Å². The van der Waals surface area contributed by atoms with Crippen LogP contribution in [0.1, 0.15) is 27.4 Å². The van der Waals surface area contributed by atoms with Gasteiger partial charge < -0.3 is 9.47 Å². The van der Waals surface area contributed by atoms with E-state index in [1.54, 1.807) is 14.2 Å². The van der Waals surface area contributed by atoms with Crippen molar-refractivity contribution < 1.29 is 14.3 Å². The summed E-state index contributed by atoms with van der Waals surface area (Å²) in [7, 11) is 3.30. The van der Waals surface area contributed by atoms with Crippen molar-refractivity contribution in [1.29, 1.82) is 0 Å². The van der Waals surface area contributed by atoms with E-state index in [-0.39, 0.29) is 5.78 Å². The number of ether oxygens (including phenoxy) is 2. The van der Waals surface area contributed by atoms with Crippen molar-refractivity contribution in [3.63, 3.8) is 0 Å². The summed E-state index contributed by atoms with van der Waals surface area (Å²) in [6.45, 7) is 0. The minimum Gasteiger partial charge on any atom is -0.496 e. The Bertz CT molecular complexity index is 902. The summed E-state index contributed by atoms with van der Waals surface area (Å²) in [5, 5.41) is 0. The average molecular weight is 584 g/mol. The molecule has 0 fully saturated rings. The molecule has 0 heterocycles. The second kappa shape index (κ2) is 9.05. The van der Waals surface area contributed by atoms with Gasteiger partial charge in [-0.1, -0.05) is 42.5 Å². The Kier molecular flexibility index (Phi) is 6.75. The molecule has 0 aliphatic heterocycles. The van der Waals surface area contributed by atoms with Crippen LogP contribution in [0.3, 0.4) is 0 Å². The first kappa shape index (κ1) is 20.1. The van der Waals surface area contributed by atoms with E-state index in [0.717, 1.165) is 29.8 Å². The predicted octanol–water partition coefficient (Wildman–Crippen LogP) is 5.93. The molecule has 0 aliphatic rings. The highest BCUT2D eigenvalue weighted by molar-refractivity contribution is 14.1. The quantitative estimate of drug-likeness (QED) is 0.267. The van der Waals surface area contributed by atoms with Gasteiger partial charge in [-0.3, -0.25) is 4.79 Å². The van der Waals surface area contributed by atoms with Gasteiger partial charge in [-0.2, -0.15) is 0 Å². The maximum atomic E-state index is 13.4. The monoisotopic (exact) mass is 584 g/mol. The van der Waals surface area contributed by atoms with E-state index in [1.165, 1.54) is 0 Å². The van der Waals surface area contributed by atoms with Gasteiger partial charge in [-0.25, -0.2) is 0 Å². The van der Waals surface area contributed by atoms with Gasteiger partial charge in [0.2, 0.25) is 0 Å². The number of ketones is 1. The lowest BCUT2D eigenvalue weighted by molar-refractivity contribution is 0.0973. The largest absolute Gasteiger partial charge is 0.496 e. The molecule has 5 heteroatoms. The fraction of sp³-hybridized carbons (Fsp3) is 0.136. The number of hydrogen-bond acceptors (Lipinski definition) is 3.